The number of carbonyl (C=O) groups excluding carboxylic acids is 1. The average molecular weight is 341 g/mol. The molecule has 0 heterocycles. The molecule has 132 valence electrons. The fourth-order valence-corrected chi connectivity index (χ4v) is 2.25. The van der Waals surface area contributed by atoms with E-state index in [1.165, 1.54) is 11.0 Å². The first-order valence-corrected chi connectivity index (χ1v) is 7.93. The second kappa shape index (κ2) is 8.19. The molecule has 1 saturated carbocycles. The monoisotopic (exact) mass is 341 g/mol. The molecular weight excluding hydrogens is 320 g/mol. The lowest BCUT2D eigenvalue weighted by Crippen LogP contribution is -2.40. The molecule has 2 rings (SSSR count). The van der Waals surface area contributed by atoms with Crippen molar-refractivity contribution in [2.24, 2.45) is 5.92 Å². The van der Waals surface area contributed by atoms with E-state index in [0.717, 1.165) is 25.0 Å². The summed E-state index contributed by atoms with van der Waals surface area (Å²) in [6.07, 6.45) is 1.26. The van der Waals surface area contributed by atoms with Gasteiger partial charge in [-0.3, -0.25) is 9.59 Å². The molecule has 1 fully saturated rings. The summed E-state index contributed by atoms with van der Waals surface area (Å²) in [6, 6.07) is 3.36. The Labute approximate surface area is 139 Å². The summed E-state index contributed by atoms with van der Waals surface area (Å²) >= 11 is 0. The topological polar surface area (TPSA) is 66.8 Å². The maximum atomic E-state index is 13.3. The van der Waals surface area contributed by atoms with Crippen molar-refractivity contribution in [2.45, 2.75) is 38.8 Å². The van der Waals surface area contributed by atoms with Gasteiger partial charge in [-0.25, -0.2) is 8.78 Å². The fraction of sp³-hybridized carbons (Fsp3) is 0.529. The second-order valence-electron chi connectivity index (χ2n) is 6.07. The highest BCUT2D eigenvalue weighted by atomic mass is 19.2. The Morgan fingerprint density at radius 3 is 2.62 bits per heavy atom. The van der Waals surface area contributed by atoms with Gasteiger partial charge >= 0.3 is 5.97 Å². The van der Waals surface area contributed by atoms with Gasteiger partial charge in [0, 0.05) is 13.1 Å². The molecule has 1 N–H and O–H groups in total. The molecule has 0 unspecified atom stereocenters. The van der Waals surface area contributed by atoms with Gasteiger partial charge in [-0.15, -0.1) is 0 Å². The number of aliphatic carboxylic acids is 1. The lowest BCUT2D eigenvalue weighted by Gasteiger charge is -2.25. The molecule has 0 saturated heterocycles. The summed E-state index contributed by atoms with van der Waals surface area (Å²) < 4.78 is 31.9. The van der Waals surface area contributed by atoms with Gasteiger partial charge in [0.2, 0.25) is 0 Å². The number of hydrogen-bond acceptors (Lipinski definition) is 3. The zero-order valence-electron chi connectivity index (χ0n) is 13.5. The van der Waals surface area contributed by atoms with Crippen LogP contribution in [0.5, 0.6) is 0 Å². The molecule has 1 aromatic carbocycles. The predicted octanol–water partition coefficient (Wildman–Crippen LogP) is 2.58. The SMILES string of the molecule is C[C@@H](OCC1CC1)C(=O)N(CCC(=O)O)Cc1ccc(F)c(F)c1. The van der Waals surface area contributed by atoms with Crippen LogP contribution in [0.1, 0.15) is 31.7 Å². The van der Waals surface area contributed by atoms with E-state index in [-0.39, 0.29) is 25.4 Å². The Bertz CT molecular complexity index is 604. The molecule has 0 aromatic heterocycles. The number of carboxylic acids is 1. The number of benzene rings is 1. The summed E-state index contributed by atoms with van der Waals surface area (Å²) in [5.74, 6) is -2.87. The zero-order valence-corrected chi connectivity index (χ0v) is 13.5. The third-order valence-electron chi connectivity index (χ3n) is 3.89. The van der Waals surface area contributed by atoms with Gasteiger partial charge in [-0.2, -0.15) is 0 Å². The highest BCUT2D eigenvalue weighted by molar-refractivity contribution is 5.81. The number of amides is 1. The molecule has 1 aliphatic rings. The molecule has 5 nitrogen and oxygen atoms in total. The molecular formula is C17H21F2NO4. The van der Waals surface area contributed by atoms with Crippen LogP contribution in [0, 0.1) is 17.6 Å². The first kappa shape index (κ1) is 18.3. The molecule has 24 heavy (non-hydrogen) atoms. The van der Waals surface area contributed by atoms with Crippen molar-refractivity contribution in [3.63, 3.8) is 0 Å². The number of rotatable bonds is 9. The second-order valence-corrected chi connectivity index (χ2v) is 6.07. The minimum atomic E-state index is -1.04. The van der Waals surface area contributed by atoms with Crippen LogP contribution in [0.4, 0.5) is 8.78 Å². The number of hydrogen-bond donors (Lipinski definition) is 1. The minimum Gasteiger partial charge on any atom is -0.481 e. The standard InChI is InChI=1S/C17H21F2NO4/c1-11(24-10-12-2-3-12)17(23)20(7-6-16(21)22)9-13-4-5-14(18)15(19)8-13/h4-5,8,11-12H,2-3,6-7,9-10H2,1H3,(H,21,22)/t11-/m1/s1. The fourth-order valence-electron chi connectivity index (χ4n) is 2.25. The molecule has 0 spiro atoms. The first-order valence-electron chi connectivity index (χ1n) is 7.93. The van der Waals surface area contributed by atoms with Crippen LogP contribution in [0.3, 0.4) is 0 Å². The van der Waals surface area contributed by atoms with Gasteiger partial charge in [0.15, 0.2) is 11.6 Å². The smallest absolute Gasteiger partial charge is 0.305 e. The largest absolute Gasteiger partial charge is 0.481 e. The van der Waals surface area contributed by atoms with E-state index >= 15 is 0 Å². The van der Waals surface area contributed by atoms with Crippen LogP contribution in [0.15, 0.2) is 18.2 Å². The minimum absolute atomic E-state index is 0.000438. The summed E-state index contributed by atoms with van der Waals surface area (Å²) in [5, 5.41) is 8.83. The van der Waals surface area contributed by atoms with Crippen LogP contribution < -0.4 is 0 Å². The Hall–Kier alpha value is -2.02. The molecule has 1 atom stereocenters. The van der Waals surface area contributed by atoms with Crippen molar-refractivity contribution in [2.75, 3.05) is 13.2 Å². The Balaban J connectivity index is 2.02. The third kappa shape index (κ3) is 5.56. The normalized spacial score (nSPS) is 15.1. The van der Waals surface area contributed by atoms with Gasteiger partial charge in [-0.05, 0) is 43.4 Å². The molecule has 1 aromatic rings. The van der Waals surface area contributed by atoms with Gasteiger partial charge in [0.1, 0.15) is 6.10 Å². The Morgan fingerprint density at radius 1 is 1.33 bits per heavy atom. The summed E-state index contributed by atoms with van der Waals surface area (Å²) in [7, 11) is 0. The van der Waals surface area contributed by atoms with E-state index in [1.54, 1.807) is 6.92 Å². The summed E-state index contributed by atoms with van der Waals surface area (Å²) in [5.41, 5.74) is 0.391. The maximum absolute atomic E-state index is 13.3. The van der Waals surface area contributed by atoms with Gasteiger partial charge in [0.25, 0.3) is 5.91 Å². The van der Waals surface area contributed by atoms with E-state index < -0.39 is 23.7 Å². The van der Waals surface area contributed by atoms with Crippen LogP contribution in [-0.4, -0.2) is 41.1 Å². The zero-order chi connectivity index (χ0) is 17.7. The quantitative estimate of drug-likeness (QED) is 0.750. The van der Waals surface area contributed by atoms with Gasteiger partial charge in [0.05, 0.1) is 13.0 Å². The number of carbonyl (C=O) groups is 2. The van der Waals surface area contributed by atoms with Gasteiger partial charge < -0.3 is 14.7 Å². The molecule has 0 aliphatic heterocycles. The molecule has 1 aliphatic carbocycles. The lowest BCUT2D eigenvalue weighted by molar-refractivity contribution is -0.145. The van der Waals surface area contributed by atoms with Crippen LogP contribution in [0.25, 0.3) is 0 Å². The van der Waals surface area contributed by atoms with Crippen molar-refractivity contribution < 1.29 is 28.2 Å². The summed E-state index contributed by atoms with van der Waals surface area (Å²) in [4.78, 5) is 24.6. The predicted molar refractivity (Wildman–Crippen MR) is 82.2 cm³/mol. The van der Waals surface area contributed by atoms with Crippen molar-refractivity contribution in [3.8, 4) is 0 Å². The summed E-state index contributed by atoms with van der Waals surface area (Å²) in [6.45, 7) is 2.10. The molecule has 0 bridgehead atoms. The third-order valence-corrected chi connectivity index (χ3v) is 3.89. The van der Waals surface area contributed by atoms with E-state index in [9.17, 15) is 18.4 Å². The van der Waals surface area contributed by atoms with E-state index in [0.29, 0.717) is 18.1 Å². The number of carboxylic acid groups (broad SMARTS) is 1. The Kier molecular flexibility index (Phi) is 6.25. The number of halogens is 2. The first-order chi connectivity index (χ1) is 11.4. The average Bonchev–Trinajstić information content (AvgIpc) is 3.36. The van der Waals surface area contributed by atoms with E-state index in [1.807, 2.05) is 0 Å². The van der Waals surface area contributed by atoms with E-state index in [4.69, 9.17) is 9.84 Å². The Morgan fingerprint density at radius 2 is 2.04 bits per heavy atom. The number of nitrogens with zero attached hydrogens (tertiary/aromatic N) is 1. The highest BCUT2D eigenvalue weighted by Gasteiger charge is 2.26. The molecule has 0 radical (unpaired) electrons. The van der Waals surface area contributed by atoms with Crippen molar-refractivity contribution in [1.29, 1.82) is 0 Å². The number of ether oxygens (including phenoxy) is 1. The van der Waals surface area contributed by atoms with Crippen LogP contribution in [-0.2, 0) is 20.9 Å². The van der Waals surface area contributed by atoms with Crippen molar-refractivity contribution in [1.82, 2.24) is 4.90 Å². The van der Waals surface area contributed by atoms with Crippen molar-refractivity contribution >= 4 is 11.9 Å². The van der Waals surface area contributed by atoms with E-state index in [2.05, 4.69) is 0 Å². The molecule has 1 amide bonds. The lowest BCUT2D eigenvalue weighted by atomic mass is 10.2. The molecule has 7 heteroatoms. The van der Waals surface area contributed by atoms with Crippen LogP contribution in [0.2, 0.25) is 0 Å². The van der Waals surface area contributed by atoms with Crippen LogP contribution >= 0.6 is 0 Å². The highest BCUT2D eigenvalue weighted by Crippen LogP contribution is 2.29. The van der Waals surface area contributed by atoms with Crippen molar-refractivity contribution in [3.05, 3.63) is 35.4 Å². The maximum Gasteiger partial charge on any atom is 0.305 e. The van der Waals surface area contributed by atoms with Gasteiger partial charge in [-0.1, -0.05) is 6.07 Å².